The quantitative estimate of drug-likeness (QED) is 0.834. The number of hydrogen-bond donors (Lipinski definition) is 2. The summed E-state index contributed by atoms with van der Waals surface area (Å²) in [6, 6.07) is 0.571. The molecule has 0 saturated carbocycles. The Bertz CT molecular complexity index is 400. The van der Waals surface area contributed by atoms with Crippen molar-refractivity contribution in [1.82, 2.24) is 20.2 Å². The molecule has 0 aliphatic carbocycles. The predicted octanol–water partition coefficient (Wildman–Crippen LogP) is 1.55. The average Bonchev–Trinajstić information content (AvgIpc) is 2.79. The van der Waals surface area contributed by atoms with Crippen LogP contribution in [0.3, 0.4) is 0 Å². The zero-order chi connectivity index (χ0) is 12.6. The summed E-state index contributed by atoms with van der Waals surface area (Å²) >= 11 is 0. The minimum absolute atomic E-state index is 0.547. The smallest absolute Gasteiger partial charge is 0.0925 e. The minimum atomic E-state index is 0.547. The number of H-pyrrole nitrogens is 1. The molecule has 3 rings (SSSR count). The van der Waals surface area contributed by atoms with Gasteiger partial charge in [-0.25, -0.2) is 4.98 Å². The molecule has 4 nitrogen and oxygen atoms in total. The van der Waals surface area contributed by atoms with E-state index in [9.17, 15) is 0 Å². The van der Waals surface area contributed by atoms with Crippen LogP contribution < -0.4 is 5.32 Å². The second-order valence-electron chi connectivity index (χ2n) is 6.57. The number of aromatic nitrogens is 2. The largest absolute Gasteiger partial charge is 0.347 e. The van der Waals surface area contributed by atoms with Crippen molar-refractivity contribution in [2.75, 3.05) is 19.6 Å². The van der Waals surface area contributed by atoms with E-state index < -0.39 is 0 Å². The van der Waals surface area contributed by atoms with Crippen LogP contribution in [-0.2, 0) is 13.0 Å². The van der Waals surface area contributed by atoms with E-state index in [1.54, 1.807) is 0 Å². The second-order valence-corrected chi connectivity index (χ2v) is 6.57. The molecule has 0 bridgehead atoms. The molecule has 4 heteroatoms. The number of nitrogens with one attached hydrogen (secondary N) is 2. The Hall–Kier alpha value is -0.870. The van der Waals surface area contributed by atoms with Crippen molar-refractivity contribution in [1.29, 1.82) is 0 Å². The second kappa shape index (κ2) is 4.67. The van der Waals surface area contributed by atoms with Gasteiger partial charge in [0.05, 0.1) is 17.7 Å². The molecule has 18 heavy (non-hydrogen) atoms. The first-order valence-corrected chi connectivity index (χ1v) is 7.09. The van der Waals surface area contributed by atoms with Crippen LogP contribution in [0.2, 0.25) is 0 Å². The van der Waals surface area contributed by atoms with E-state index in [1.807, 2.05) is 6.33 Å². The topological polar surface area (TPSA) is 44.0 Å². The highest BCUT2D eigenvalue weighted by Gasteiger charge is 2.28. The van der Waals surface area contributed by atoms with Crippen LogP contribution in [0.25, 0.3) is 0 Å². The Kier molecular flexibility index (Phi) is 3.16. The number of hydrogen-bond acceptors (Lipinski definition) is 3. The summed E-state index contributed by atoms with van der Waals surface area (Å²) < 4.78 is 0. The molecule has 1 atom stereocenters. The lowest BCUT2D eigenvalue weighted by Crippen LogP contribution is -2.47. The van der Waals surface area contributed by atoms with Crippen molar-refractivity contribution < 1.29 is 0 Å². The van der Waals surface area contributed by atoms with Gasteiger partial charge in [0.15, 0.2) is 0 Å². The fourth-order valence-electron chi connectivity index (χ4n) is 3.01. The number of fused-ring (bicyclic) bond motifs is 1. The summed E-state index contributed by atoms with van der Waals surface area (Å²) in [4.78, 5) is 10.2. The van der Waals surface area contributed by atoms with E-state index in [0.717, 1.165) is 13.0 Å². The van der Waals surface area contributed by atoms with Gasteiger partial charge in [-0.2, -0.15) is 0 Å². The Morgan fingerprint density at radius 2 is 2.17 bits per heavy atom. The Morgan fingerprint density at radius 3 is 2.94 bits per heavy atom. The molecule has 2 aliphatic heterocycles. The molecule has 0 amide bonds. The zero-order valence-electron chi connectivity index (χ0n) is 11.5. The van der Waals surface area contributed by atoms with Crippen molar-refractivity contribution >= 4 is 0 Å². The van der Waals surface area contributed by atoms with Crippen LogP contribution in [0.1, 0.15) is 38.1 Å². The first-order valence-electron chi connectivity index (χ1n) is 7.09. The van der Waals surface area contributed by atoms with Gasteiger partial charge in [0.2, 0.25) is 0 Å². The maximum Gasteiger partial charge on any atom is 0.0925 e. The minimum Gasteiger partial charge on any atom is -0.347 e. The van der Waals surface area contributed by atoms with Gasteiger partial charge >= 0.3 is 0 Å². The molecule has 1 fully saturated rings. The van der Waals surface area contributed by atoms with Crippen molar-refractivity contribution in [2.24, 2.45) is 5.41 Å². The fourth-order valence-corrected chi connectivity index (χ4v) is 3.01. The molecule has 0 aromatic carbocycles. The third-order valence-corrected chi connectivity index (χ3v) is 4.50. The first kappa shape index (κ1) is 12.2. The normalized spacial score (nSPS) is 28.0. The first-order chi connectivity index (χ1) is 8.62. The Balaban J connectivity index is 1.53. The lowest BCUT2D eigenvalue weighted by molar-refractivity contribution is 0.121. The average molecular weight is 248 g/mol. The van der Waals surface area contributed by atoms with Crippen LogP contribution in [0, 0.1) is 5.41 Å². The number of nitrogens with zero attached hydrogens (tertiary/aromatic N) is 2. The molecular formula is C14H24N4. The molecule has 100 valence electrons. The molecule has 1 saturated heterocycles. The third kappa shape index (κ3) is 2.59. The fraction of sp³-hybridized carbons (Fsp3) is 0.786. The number of aromatic amines is 1. The van der Waals surface area contributed by atoms with E-state index in [0.29, 0.717) is 11.5 Å². The summed E-state index contributed by atoms with van der Waals surface area (Å²) in [6.07, 6.45) is 5.54. The van der Waals surface area contributed by atoms with E-state index in [-0.39, 0.29) is 0 Å². The SMILES string of the molecule is CC1(C)CCN(CC2Cc3nc[nH]c3CN2)CC1. The Labute approximate surface area is 109 Å². The van der Waals surface area contributed by atoms with Crippen molar-refractivity contribution in [3.63, 3.8) is 0 Å². The van der Waals surface area contributed by atoms with Gasteiger partial charge in [-0.1, -0.05) is 13.8 Å². The standard InChI is InChI=1S/C14H24N4/c1-14(2)3-5-18(6-4-14)9-11-7-12-13(8-15-11)17-10-16-12/h10-11,15H,3-9H2,1-2H3,(H,16,17). The van der Waals surface area contributed by atoms with E-state index in [2.05, 4.69) is 34.0 Å². The molecule has 1 aromatic heterocycles. The molecular weight excluding hydrogens is 224 g/mol. The van der Waals surface area contributed by atoms with E-state index in [1.165, 1.54) is 43.9 Å². The molecule has 1 unspecified atom stereocenters. The van der Waals surface area contributed by atoms with Crippen LogP contribution in [-0.4, -0.2) is 40.5 Å². The van der Waals surface area contributed by atoms with Crippen LogP contribution in [0.4, 0.5) is 0 Å². The monoisotopic (exact) mass is 248 g/mol. The third-order valence-electron chi connectivity index (χ3n) is 4.50. The van der Waals surface area contributed by atoms with Gasteiger partial charge in [0.25, 0.3) is 0 Å². The van der Waals surface area contributed by atoms with Crippen molar-refractivity contribution in [3.05, 3.63) is 17.7 Å². The number of likely N-dealkylation sites (tertiary alicyclic amines) is 1. The van der Waals surface area contributed by atoms with Gasteiger partial charge in [0.1, 0.15) is 0 Å². The summed E-state index contributed by atoms with van der Waals surface area (Å²) in [5.74, 6) is 0. The number of piperidine rings is 1. The van der Waals surface area contributed by atoms with E-state index in [4.69, 9.17) is 0 Å². The van der Waals surface area contributed by atoms with Gasteiger partial charge < -0.3 is 15.2 Å². The van der Waals surface area contributed by atoms with Gasteiger partial charge in [-0.3, -0.25) is 0 Å². The number of imidazole rings is 1. The molecule has 2 N–H and O–H groups in total. The summed E-state index contributed by atoms with van der Waals surface area (Å²) in [7, 11) is 0. The molecule has 3 heterocycles. The highest BCUT2D eigenvalue weighted by atomic mass is 15.2. The van der Waals surface area contributed by atoms with Crippen LogP contribution in [0.15, 0.2) is 6.33 Å². The van der Waals surface area contributed by atoms with Gasteiger partial charge in [-0.15, -0.1) is 0 Å². The lowest BCUT2D eigenvalue weighted by Gasteiger charge is -2.39. The molecule has 0 radical (unpaired) electrons. The zero-order valence-corrected chi connectivity index (χ0v) is 11.5. The van der Waals surface area contributed by atoms with Crippen LogP contribution >= 0.6 is 0 Å². The maximum absolute atomic E-state index is 4.41. The molecule has 0 spiro atoms. The summed E-state index contributed by atoms with van der Waals surface area (Å²) in [5, 5.41) is 3.62. The maximum atomic E-state index is 4.41. The molecule has 1 aromatic rings. The van der Waals surface area contributed by atoms with E-state index >= 15 is 0 Å². The van der Waals surface area contributed by atoms with Gasteiger partial charge in [0, 0.05) is 25.6 Å². The number of rotatable bonds is 2. The summed E-state index contributed by atoms with van der Waals surface area (Å²) in [5.41, 5.74) is 3.08. The molecule has 2 aliphatic rings. The summed E-state index contributed by atoms with van der Waals surface area (Å²) in [6.45, 7) is 9.39. The predicted molar refractivity (Wildman–Crippen MR) is 72.4 cm³/mol. The van der Waals surface area contributed by atoms with Crippen molar-refractivity contribution in [2.45, 2.75) is 45.7 Å². The Morgan fingerprint density at radius 1 is 1.39 bits per heavy atom. The van der Waals surface area contributed by atoms with Crippen LogP contribution in [0.5, 0.6) is 0 Å². The van der Waals surface area contributed by atoms with Crippen molar-refractivity contribution in [3.8, 4) is 0 Å². The highest BCUT2D eigenvalue weighted by molar-refractivity contribution is 5.16. The lowest BCUT2D eigenvalue weighted by atomic mass is 9.82. The van der Waals surface area contributed by atoms with Gasteiger partial charge in [-0.05, 0) is 31.3 Å². The highest BCUT2D eigenvalue weighted by Crippen LogP contribution is 2.29.